The zero-order valence-corrected chi connectivity index (χ0v) is 17.3. The minimum Gasteiger partial charge on any atom is -0.463 e. The van der Waals surface area contributed by atoms with Gasteiger partial charge in [-0.1, -0.05) is 23.1 Å². The number of piperazine rings is 1. The van der Waals surface area contributed by atoms with Gasteiger partial charge in [-0.25, -0.2) is 9.18 Å². The molecule has 0 spiro atoms. The van der Waals surface area contributed by atoms with Gasteiger partial charge in [-0.15, -0.1) is 10.2 Å². The highest BCUT2D eigenvalue weighted by atomic mass is 32.2. The van der Waals surface area contributed by atoms with Crippen molar-refractivity contribution >= 4 is 39.9 Å². The second-order valence-electron chi connectivity index (χ2n) is 6.35. The number of hydrogen-bond acceptors (Lipinski definition) is 9. The van der Waals surface area contributed by atoms with Gasteiger partial charge in [0.1, 0.15) is 11.6 Å². The first-order valence-electron chi connectivity index (χ1n) is 9.01. The van der Waals surface area contributed by atoms with Gasteiger partial charge >= 0.3 is 5.97 Å². The molecule has 0 N–H and O–H groups in total. The molecule has 0 radical (unpaired) electrons. The molecule has 1 aliphatic rings. The first kappa shape index (κ1) is 19.7. The lowest BCUT2D eigenvalue weighted by molar-refractivity contribution is 0.0563. The molecule has 29 heavy (non-hydrogen) atoms. The van der Waals surface area contributed by atoms with E-state index in [-0.39, 0.29) is 11.6 Å². The van der Waals surface area contributed by atoms with Gasteiger partial charge in [-0.3, -0.25) is 0 Å². The normalized spacial score (nSPS) is 14.3. The maximum absolute atomic E-state index is 13.1. The summed E-state index contributed by atoms with van der Waals surface area (Å²) in [5, 5.41) is 9.45. The zero-order valence-electron chi connectivity index (χ0n) is 15.7. The molecule has 1 aromatic carbocycles. The summed E-state index contributed by atoms with van der Waals surface area (Å²) < 4.78 is 24.0. The van der Waals surface area contributed by atoms with E-state index in [1.165, 1.54) is 31.0 Å². The number of carbonyl (C=O) groups excluding carboxylic acids is 1. The predicted molar refractivity (Wildman–Crippen MR) is 110 cm³/mol. The Bertz CT molecular complexity index is 968. The molecular weight excluding hydrogens is 415 g/mol. The van der Waals surface area contributed by atoms with Gasteiger partial charge in [0.15, 0.2) is 4.34 Å². The Morgan fingerprint density at radius 2 is 1.86 bits per heavy atom. The number of anilines is 2. The number of hydrogen-bond donors (Lipinski definition) is 0. The second kappa shape index (κ2) is 8.83. The molecule has 152 valence electrons. The molecule has 2 aromatic heterocycles. The van der Waals surface area contributed by atoms with Crippen LogP contribution in [0.2, 0.25) is 0 Å². The van der Waals surface area contributed by atoms with Crippen molar-refractivity contribution in [1.29, 1.82) is 0 Å². The van der Waals surface area contributed by atoms with Gasteiger partial charge in [0.25, 0.3) is 0 Å². The number of furan rings is 1. The van der Waals surface area contributed by atoms with E-state index < -0.39 is 5.97 Å². The molecule has 0 bridgehead atoms. The highest BCUT2D eigenvalue weighted by Crippen LogP contribution is 2.31. The summed E-state index contributed by atoms with van der Waals surface area (Å²) in [4.78, 5) is 15.9. The van der Waals surface area contributed by atoms with Crippen LogP contribution in [0.15, 0.2) is 45.2 Å². The van der Waals surface area contributed by atoms with E-state index in [1.807, 2.05) is 12.1 Å². The van der Waals surface area contributed by atoms with Gasteiger partial charge in [0, 0.05) is 31.9 Å². The summed E-state index contributed by atoms with van der Waals surface area (Å²) >= 11 is 3.06. The minimum absolute atomic E-state index is 0.195. The third-order valence-corrected chi connectivity index (χ3v) is 6.66. The fraction of sp³-hybridized carbons (Fsp3) is 0.316. The smallest absolute Gasteiger partial charge is 0.373 e. The number of benzene rings is 1. The molecule has 4 rings (SSSR count). The molecule has 1 aliphatic heterocycles. The van der Waals surface area contributed by atoms with E-state index >= 15 is 0 Å². The zero-order chi connectivity index (χ0) is 20.2. The van der Waals surface area contributed by atoms with Crippen LogP contribution < -0.4 is 9.80 Å². The SMILES string of the molecule is COC(=O)c1ccc(CSc2nnc(N3CCN(c4ccc(F)cc4)CC3)s2)o1. The Hall–Kier alpha value is -2.59. The van der Waals surface area contributed by atoms with Crippen LogP contribution in [0, 0.1) is 5.82 Å². The number of esters is 1. The Morgan fingerprint density at radius 3 is 2.59 bits per heavy atom. The Balaban J connectivity index is 1.30. The van der Waals surface area contributed by atoms with Crippen LogP contribution in [0.5, 0.6) is 0 Å². The van der Waals surface area contributed by atoms with Crippen molar-refractivity contribution < 1.29 is 18.3 Å². The fourth-order valence-corrected chi connectivity index (χ4v) is 4.78. The highest BCUT2D eigenvalue weighted by molar-refractivity contribution is 8.00. The van der Waals surface area contributed by atoms with Gasteiger partial charge in [0.05, 0.1) is 12.9 Å². The van der Waals surface area contributed by atoms with Gasteiger partial charge in [-0.2, -0.15) is 0 Å². The Morgan fingerprint density at radius 1 is 1.14 bits per heavy atom. The second-order valence-corrected chi connectivity index (χ2v) is 8.53. The number of aromatic nitrogens is 2. The highest BCUT2D eigenvalue weighted by Gasteiger charge is 2.21. The van der Waals surface area contributed by atoms with Crippen molar-refractivity contribution in [1.82, 2.24) is 10.2 Å². The minimum atomic E-state index is -0.487. The van der Waals surface area contributed by atoms with E-state index in [2.05, 4.69) is 24.7 Å². The molecule has 10 heteroatoms. The van der Waals surface area contributed by atoms with Crippen molar-refractivity contribution in [2.24, 2.45) is 0 Å². The first-order chi connectivity index (χ1) is 14.1. The van der Waals surface area contributed by atoms with Crippen LogP contribution in [0.4, 0.5) is 15.2 Å². The number of rotatable bonds is 6. The molecule has 3 heterocycles. The van der Waals surface area contributed by atoms with Gasteiger partial charge in [-0.05, 0) is 36.4 Å². The van der Waals surface area contributed by atoms with Crippen LogP contribution in [0.25, 0.3) is 0 Å². The lowest BCUT2D eigenvalue weighted by Crippen LogP contribution is -2.46. The topological polar surface area (TPSA) is 71.7 Å². The van der Waals surface area contributed by atoms with Crippen LogP contribution in [-0.2, 0) is 10.5 Å². The van der Waals surface area contributed by atoms with Crippen molar-refractivity contribution in [3.63, 3.8) is 0 Å². The molecule has 1 fully saturated rings. The van der Waals surface area contributed by atoms with Crippen LogP contribution in [0.1, 0.15) is 16.3 Å². The monoisotopic (exact) mass is 434 g/mol. The third kappa shape index (κ3) is 4.70. The standard InChI is InChI=1S/C19H19FN4O3S2/c1-26-17(25)16-7-6-15(27-16)12-28-19-22-21-18(29-19)24-10-8-23(9-11-24)14-4-2-13(20)3-5-14/h2-7H,8-12H2,1H3. The molecular formula is C19H19FN4O3S2. The number of methoxy groups -OCH3 is 1. The summed E-state index contributed by atoms with van der Waals surface area (Å²) in [5.41, 5.74) is 1.03. The van der Waals surface area contributed by atoms with Crippen LogP contribution in [0.3, 0.4) is 0 Å². The summed E-state index contributed by atoms with van der Waals surface area (Å²) in [6, 6.07) is 9.96. The molecule has 0 amide bonds. The molecule has 0 aliphatic carbocycles. The Labute approximate surface area is 175 Å². The maximum atomic E-state index is 13.1. The molecule has 0 atom stereocenters. The van der Waals surface area contributed by atoms with Crippen LogP contribution >= 0.6 is 23.1 Å². The number of carbonyl (C=O) groups is 1. The fourth-order valence-electron chi connectivity index (χ4n) is 3.00. The van der Waals surface area contributed by atoms with Crippen molar-refractivity contribution in [3.05, 3.63) is 53.7 Å². The quantitative estimate of drug-likeness (QED) is 0.430. The van der Waals surface area contributed by atoms with Gasteiger partial charge in [0.2, 0.25) is 10.9 Å². The lowest BCUT2D eigenvalue weighted by Gasteiger charge is -2.35. The summed E-state index contributed by atoms with van der Waals surface area (Å²) in [6.07, 6.45) is 0. The number of ether oxygens (including phenoxy) is 1. The van der Waals surface area contributed by atoms with Gasteiger partial charge < -0.3 is 19.0 Å². The van der Waals surface area contributed by atoms with E-state index in [9.17, 15) is 9.18 Å². The summed E-state index contributed by atoms with van der Waals surface area (Å²) in [5.74, 6) is 0.728. The molecule has 7 nitrogen and oxygen atoms in total. The maximum Gasteiger partial charge on any atom is 0.373 e. The first-order valence-corrected chi connectivity index (χ1v) is 10.8. The average molecular weight is 435 g/mol. The average Bonchev–Trinajstić information content (AvgIpc) is 3.42. The number of halogens is 1. The lowest BCUT2D eigenvalue weighted by atomic mass is 10.2. The molecule has 1 saturated heterocycles. The Kier molecular flexibility index (Phi) is 6.00. The van der Waals surface area contributed by atoms with E-state index in [0.717, 1.165) is 41.3 Å². The van der Waals surface area contributed by atoms with Crippen molar-refractivity contribution in [2.45, 2.75) is 10.1 Å². The number of nitrogens with zero attached hydrogens (tertiary/aromatic N) is 4. The van der Waals surface area contributed by atoms with Crippen molar-refractivity contribution in [2.75, 3.05) is 43.1 Å². The van der Waals surface area contributed by atoms with E-state index in [0.29, 0.717) is 11.5 Å². The summed E-state index contributed by atoms with van der Waals surface area (Å²) in [6.45, 7) is 3.35. The number of thioether (sulfide) groups is 1. The summed E-state index contributed by atoms with van der Waals surface area (Å²) in [7, 11) is 1.32. The molecule has 0 unspecified atom stereocenters. The van der Waals surface area contributed by atoms with E-state index in [4.69, 9.17) is 4.42 Å². The molecule has 3 aromatic rings. The van der Waals surface area contributed by atoms with Crippen molar-refractivity contribution in [3.8, 4) is 0 Å². The molecule has 0 saturated carbocycles. The van der Waals surface area contributed by atoms with E-state index in [1.54, 1.807) is 23.5 Å². The predicted octanol–water partition coefficient (Wildman–Crippen LogP) is 3.68. The largest absolute Gasteiger partial charge is 0.463 e. The van der Waals surface area contributed by atoms with Crippen LogP contribution in [-0.4, -0.2) is 49.5 Å². The third-order valence-electron chi connectivity index (χ3n) is 4.52.